The molecule has 1 saturated heterocycles. The molecule has 0 aromatic heterocycles. The van der Waals surface area contributed by atoms with Crippen LogP contribution in [0.25, 0.3) is 0 Å². The lowest BCUT2D eigenvalue weighted by Gasteiger charge is -2.31. The summed E-state index contributed by atoms with van der Waals surface area (Å²) >= 11 is 2.21. The molecule has 3 rings (SSSR count). The highest BCUT2D eigenvalue weighted by Gasteiger charge is 2.27. The van der Waals surface area contributed by atoms with Crippen LogP contribution in [0.15, 0.2) is 54.6 Å². The molecule has 130 valence electrons. The van der Waals surface area contributed by atoms with E-state index in [1.165, 1.54) is 0 Å². The van der Waals surface area contributed by atoms with Gasteiger partial charge in [-0.3, -0.25) is 9.59 Å². The van der Waals surface area contributed by atoms with Gasteiger partial charge in [-0.1, -0.05) is 36.4 Å². The minimum atomic E-state index is -0.0105. The van der Waals surface area contributed by atoms with E-state index in [0.717, 1.165) is 27.5 Å². The highest BCUT2D eigenvalue weighted by atomic mass is 127. The molecule has 0 saturated carbocycles. The smallest absolute Gasteiger partial charge is 0.253 e. The fourth-order valence-corrected chi connectivity index (χ4v) is 3.62. The summed E-state index contributed by atoms with van der Waals surface area (Å²) in [6, 6.07) is 17.5. The summed E-state index contributed by atoms with van der Waals surface area (Å²) < 4.78 is 1.05. The molecule has 1 aliphatic heterocycles. The molecular formula is C20H21IN2O2. The van der Waals surface area contributed by atoms with Gasteiger partial charge in [-0.05, 0) is 59.2 Å². The molecule has 2 amide bonds. The minimum Gasteiger partial charge on any atom is -0.352 e. The summed E-state index contributed by atoms with van der Waals surface area (Å²) in [6.07, 6.45) is 1.44. The largest absolute Gasteiger partial charge is 0.352 e. The van der Waals surface area contributed by atoms with E-state index in [-0.39, 0.29) is 17.7 Å². The number of likely N-dealkylation sites (tertiary alicyclic amines) is 1. The Labute approximate surface area is 161 Å². The molecule has 4 nitrogen and oxygen atoms in total. The van der Waals surface area contributed by atoms with E-state index in [4.69, 9.17) is 0 Å². The number of nitrogens with one attached hydrogen (secondary N) is 1. The Kier molecular flexibility index (Phi) is 6.07. The standard InChI is InChI=1S/C20H21IN2O2/c21-18-8-4-7-17(13-18)20(25)23-11-9-16(10-12-23)19(24)22-14-15-5-2-1-3-6-15/h1-8,13,16H,9-12,14H2,(H,22,24). The van der Waals surface area contributed by atoms with Crippen LogP contribution < -0.4 is 5.32 Å². The van der Waals surface area contributed by atoms with Gasteiger partial charge >= 0.3 is 0 Å². The van der Waals surface area contributed by atoms with E-state index in [2.05, 4.69) is 27.9 Å². The number of carbonyl (C=O) groups excluding carboxylic acids is 2. The first-order valence-corrected chi connectivity index (χ1v) is 9.58. The van der Waals surface area contributed by atoms with Crippen LogP contribution in [-0.2, 0) is 11.3 Å². The maximum atomic E-state index is 12.6. The fraction of sp³-hybridized carbons (Fsp3) is 0.300. The molecule has 1 heterocycles. The van der Waals surface area contributed by atoms with Crippen molar-refractivity contribution < 1.29 is 9.59 Å². The van der Waals surface area contributed by atoms with Crippen LogP contribution in [0.3, 0.4) is 0 Å². The van der Waals surface area contributed by atoms with Crippen LogP contribution >= 0.6 is 22.6 Å². The van der Waals surface area contributed by atoms with Gasteiger partial charge in [0.1, 0.15) is 0 Å². The Hall–Kier alpha value is -1.89. The summed E-state index contributed by atoms with van der Waals surface area (Å²) in [6.45, 7) is 1.82. The lowest BCUT2D eigenvalue weighted by molar-refractivity contribution is -0.126. The van der Waals surface area contributed by atoms with E-state index in [1.807, 2.05) is 59.5 Å². The first-order valence-electron chi connectivity index (χ1n) is 8.50. The van der Waals surface area contributed by atoms with E-state index in [1.54, 1.807) is 0 Å². The number of carbonyl (C=O) groups is 2. The Bertz CT molecular complexity index is 740. The first kappa shape index (κ1) is 17.9. The number of hydrogen-bond acceptors (Lipinski definition) is 2. The van der Waals surface area contributed by atoms with E-state index in [9.17, 15) is 9.59 Å². The normalized spacial score (nSPS) is 15.0. The molecular weight excluding hydrogens is 427 g/mol. The van der Waals surface area contributed by atoms with Crippen molar-refractivity contribution in [2.75, 3.05) is 13.1 Å². The van der Waals surface area contributed by atoms with Gasteiger partial charge in [0, 0.05) is 34.7 Å². The molecule has 0 radical (unpaired) electrons. The summed E-state index contributed by atoms with van der Waals surface area (Å²) in [5, 5.41) is 3.01. The van der Waals surface area contributed by atoms with Crippen LogP contribution in [0.4, 0.5) is 0 Å². The third-order valence-electron chi connectivity index (χ3n) is 4.53. The zero-order valence-corrected chi connectivity index (χ0v) is 16.1. The Morgan fingerprint density at radius 3 is 2.44 bits per heavy atom. The van der Waals surface area contributed by atoms with Crippen molar-refractivity contribution in [3.8, 4) is 0 Å². The lowest BCUT2D eigenvalue weighted by Crippen LogP contribution is -2.42. The summed E-state index contributed by atoms with van der Waals surface area (Å²) in [7, 11) is 0. The number of hydrogen-bond donors (Lipinski definition) is 1. The van der Waals surface area contributed by atoms with Crippen molar-refractivity contribution in [3.05, 3.63) is 69.3 Å². The second-order valence-corrected chi connectivity index (χ2v) is 7.53. The van der Waals surface area contributed by atoms with Crippen molar-refractivity contribution >= 4 is 34.4 Å². The number of benzene rings is 2. The van der Waals surface area contributed by atoms with Gasteiger partial charge < -0.3 is 10.2 Å². The summed E-state index contributed by atoms with van der Waals surface area (Å²) in [4.78, 5) is 26.8. The van der Waals surface area contributed by atoms with Gasteiger partial charge in [0.05, 0.1) is 0 Å². The van der Waals surface area contributed by atoms with Gasteiger partial charge in [0.15, 0.2) is 0 Å². The molecule has 1 fully saturated rings. The monoisotopic (exact) mass is 448 g/mol. The van der Waals surface area contributed by atoms with E-state index < -0.39 is 0 Å². The molecule has 5 heteroatoms. The van der Waals surface area contributed by atoms with Crippen LogP contribution in [0.2, 0.25) is 0 Å². The van der Waals surface area contributed by atoms with Gasteiger partial charge in [-0.15, -0.1) is 0 Å². The summed E-state index contributed by atoms with van der Waals surface area (Å²) in [5.41, 5.74) is 1.82. The van der Waals surface area contributed by atoms with Crippen molar-refractivity contribution in [2.45, 2.75) is 19.4 Å². The third kappa shape index (κ3) is 4.81. The SMILES string of the molecule is O=C(NCc1ccccc1)C1CCN(C(=O)c2cccc(I)c2)CC1. The minimum absolute atomic E-state index is 0.0105. The average Bonchev–Trinajstić information content (AvgIpc) is 2.66. The van der Waals surface area contributed by atoms with Crippen molar-refractivity contribution in [1.82, 2.24) is 10.2 Å². The van der Waals surface area contributed by atoms with Crippen LogP contribution in [0.5, 0.6) is 0 Å². The van der Waals surface area contributed by atoms with Gasteiger partial charge in [-0.2, -0.15) is 0 Å². The first-order chi connectivity index (χ1) is 12.1. The maximum Gasteiger partial charge on any atom is 0.253 e. The van der Waals surface area contributed by atoms with Gasteiger partial charge in [0.25, 0.3) is 5.91 Å². The zero-order valence-electron chi connectivity index (χ0n) is 14.0. The molecule has 0 bridgehead atoms. The Morgan fingerprint density at radius 1 is 1.04 bits per heavy atom. The van der Waals surface area contributed by atoms with E-state index >= 15 is 0 Å². The maximum absolute atomic E-state index is 12.6. The van der Waals surface area contributed by atoms with Gasteiger partial charge in [-0.25, -0.2) is 0 Å². The number of halogens is 1. The molecule has 1 aliphatic rings. The molecule has 25 heavy (non-hydrogen) atoms. The van der Waals surface area contributed by atoms with Crippen molar-refractivity contribution in [2.24, 2.45) is 5.92 Å². The Morgan fingerprint density at radius 2 is 1.76 bits per heavy atom. The number of piperidine rings is 1. The highest BCUT2D eigenvalue weighted by Crippen LogP contribution is 2.20. The van der Waals surface area contributed by atoms with Crippen LogP contribution in [0.1, 0.15) is 28.8 Å². The average molecular weight is 448 g/mol. The third-order valence-corrected chi connectivity index (χ3v) is 5.21. The molecule has 0 unspecified atom stereocenters. The van der Waals surface area contributed by atoms with Crippen LogP contribution in [0, 0.1) is 9.49 Å². The topological polar surface area (TPSA) is 49.4 Å². The summed E-state index contributed by atoms with van der Waals surface area (Å²) in [5.74, 6) is 0.135. The molecule has 0 spiro atoms. The predicted molar refractivity (Wildman–Crippen MR) is 106 cm³/mol. The quantitative estimate of drug-likeness (QED) is 0.729. The molecule has 2 aromatic carbocycles. The molecule has 0 aliphatic carbocycles. The Balaban J connectivity index is 1.49. The van der Waals surface area contributed by atoms with Gasteiger partial charge in [0.2, 0.25) is 5.91 Å². The second kappa shape index (κ2) is 8.47. The molecule has 0 atom stereocenters. The predicted octanol–water partition coefficient (Wildman–Crippen LogP) is 3.46. The number of amides is 2. The zero-order chi connectivity index (χ0) is 17.6. The lowest BCUT2D eigenvalue weighted by atomic mass is 9.95. The highest BCUT2D eigenvalue weighted by molar-refractivity contribution is 14.1. The van der Waals surface area contributed by atoms with E-state index in [0.29, 0.717) is 19.6 Å². The number of nitrogens with zero attached hydrogens (tertiary/aromatic N) is 1. The molecule has 1 N–H and O–H groups in total. The molecule has 2 aromatic rings. The van der Waals surface area contributed by atoms with Crippen molar-refractivity contribution in [1.29, 1.82) is 0 Å². The second-order valence-electron chi connectivity index (χ2n) is 6.28. The fourth-order valence-electron chi connectivity index (χ4n) is 3.08. The number of rotatable bonds is 4. The van der Waals surface area contributed by atoms with Crippen molar-refractivity contribution in [3.63, 3.8) is 0 Å². The van der Waals surface area contributed by atoms with Crippen LogP contribution in [-0.4, -0.2) is 29.8 Å².